The molecule has 182 valence electrons. The van der Waals surface area contributed by atoms with Gasteiger partial charge in [-0.1, -0.05) is 64.8 Å². The molecular weight excluding hydrogens is 392 g/mol. The van der Waals surface area contributed by atoms with Crippen LogP contribution in [0.1, 0.15) is 113 Å². The summed E-state index contributed by atoms with van der Waals surface area (Å²) < 4.78 is 0. The van der Waals surface area contributed by atoms with Crippen LogP contribution < -0.4 is 0 Å². The molecule has 32 heavy (non-hydrogen) atoms. The standard InChI is InChI=1S/C30H50O2/c1-19(2)24(31)11-9-20(3)21-13-17-30(8)23-10-12-25-27(4,5)26(32)15-16-28(25,6)22(23)14-18-29(21,30)7/h20-21,24-26,31-32H,1,9-18H2,2-8H3/t20-,21-,24+,25-,26-,28+,29-,30+/m0/s1. The molecule has 0 amide bonds. The maximum absolute atomic E-state index is 10.8. The van der Waals surface area contributed by atoms with Crippen molar-refractivity contribution in [1.82, 2.24) is 0 Å². The van der Waals surface area contributed by atoms with Crippen molar-refractivity contribution in [2.24, 2.45) is 39.4 Å². The van der Waals surface area contributed by atoms with Gasteiger partial charge < -0.3 is 10.2 Å². The van der Waals surface area contributed by atoms with Gasteiger partial charge in [-0.3, -0.25) is 0 Å². The Labute approximate surface area is 198 Å². The number of fused-ring (bicyclic) bond motifs is 4. The summed E-state index contributed by atoms with van der Waals surface area (Å²) in [6, 6.07) is 0. The number of allylic oxidation sites excluding steroid dienone is 2. The Kier molecular flexibility index (Phi) is 6.11. The van der Waals surface area contributed by atoms with Crippen molar-refractivity contribution in [3.63, 3.8) is 0 Å². The molecule has 0 aromatic carbocycles. The Balaban J connectivity index is 1.62. The third kappa shape index (κ3) is 3.33. The monoisotopic (exact) mass is 442 g/mol. The highest BCUT2D eigenvalue weighted by Crippen LogP contribution is 2.72. The van der Waals surface area contributed by atoms with Crippen LogP contribution in [-0.2, 0) is 0 Å². The van der Waals surface area contributed by atoms with Crippen molar-refractivity contribution < 1.29 is 10.2 Å². The van der Waals surface area contributed by atoms with Gasteiger partial charge in [0.2, 0.25) is 0 Å². The third-order valence-electron chi connectivity index (χ3n) is 11.9. The molecule has 2 fully saturated rings. The van der Waals surface area contributed by atoms with E-state index in [0.29, 0.717) is 22.7 Å². The van der Waals surface area contributed by atoms with Crippen LogP contribution in [0.15, 0.2) is 23.3 Å². The number of hydrogen-bond donors (Lipinski definition) is 2. The summed E-state index contributed by atoms with van der Waals surface area (Å²) in [6.45, 7) is 20.8. The summed E-state index contributed by atoms with van der Waals surface area (Å²) in [7, 11) is 0. The maximum Gasteiger partial charge on any atom is 0.0744 e. The summed E-state index contributed by atoms with van der Waals surface area (Å²) in [5.41, 5.74) is 5.51. The van der Waals surface area contributed by atoms with E-state index in [0.717, 1.165) is 37.2 Å². The fourth-order valence-electron chi connectivity index (χ4n) is 9.50. The molecule has 4 rings (SSSR count). The summed E-state index contributed by atoms with van der Waals surface area (Å²) in [4.78, 5) is 0. The van der Waals surface area contributed by atoms with E-state index in [-0.39, 0.29) is 23.0 Å². The first kappa shape index (κ1) is 24.5. The maximum atomic E-state index is 10.8. The Bertz CT molecular complexity index is 793. The molecule has 0 saturated heterocycles. The average Bonchev–Trinajstić information content (AvgIpc) is 3.00. The molecule has 0 unspecified atom stereocenters. The van der Waals surface area contributed by atoms with E-state index in [1.54, 1.807) is 5.57 Å². The zero-order chi connectivity index (χ0) is 23.7. The van der Waals surface area contributed by atoms with Crippen molar-refractivity contribution in [3.05, 3.63) is 23.3 Å². The van der Waals surface area contributed by atoms with Crippen LogP contribution in [0.25, 0.3) is 0 Å². The third-order valence-corrected chi connectivity index (χ3v) is 11.9. The predicted molar refractivity (Wildman–Crippen MR) is 134 cm³/mol. The fourth-order valence-corrected chi connectivity index (χ4v) is 9.50. The molecule has 0 aromatic heterocycles. The van der Waals surface area contributed by atoms with Gasteiger partial charge >= 0.3 is 0 Å². The van der Waals surface area contributed by atoms with Crippen LogP contribution >= 0.6 is 0 Å². The highest BCUT2D eigenvalue weighted by Gasteiger charge is 2.63. The smallest absolute Gasteiger partial charge is 0.0744 e. The van der Waals surface area contributed by atoms with Crippen LogP contribution in [0.2, 0.25) is 0 Å². The van der Waals surface area contributed by atoms with E-state index in [1.807, 2.05) is 12.5 Å². The van der Waals surface area contributed by atoms with Gasteiger partial charge in [-0.2, -0.15) is 0 Å². The second kappa shape index (κ2) is 7.98. The van der Waals surface area contributed by atoms with Gasteiger partial charge in [0, 0.05) is 0 Å². The number of aliphatic hydroxyl groups is 2. The lowest BCUT2D eigenvalue weighted by Gasteiger charge is -2.62. The fraction of sp³-hybridized carbons (Fsp3) is 0.867. The molecule has 0 bridgehead atoms. The number of rotatable bonds is 5. The lowest BCUT2D eigenvalue weighted by molar-refractivity contribution is -0.0962. The average molecular weight is 443 g/mol. The quantitative estimate of drug-likeness (QED) is 0.434. The minimum absolute atomic E-state index is 0.0179. The lowest BCUT2D eigenvalue weighted by Crippen LogP contribution is -2.55. The Hall–Kier alpha value is -0.600. The van der Waals surface area contributed by atoms with Crippen molar-refractivity contribution in [2.45, 2.75) is 125 Å². The largest absolute Gasteiger partial charge is 0.393 e. The summed E-state index contributed by atoms with van der Waals surface area (Å²) in [5.74, 6) is 1.99. The van der Waals surface area contributed by atoms with Gasteiger partial charge in [-0.05, 0) is 111 Å². The molecule has 0 aliphatic heterocycles. The minimum atomic E-state index is -0.348. The molecule has 2 heteroatoms. The van der Waals surface area contributed by atoms with E-state index in [1.165, 1.54) is 38.5 Å². The van der Waals surface area contributed by atoms with E-state index >= 15 is 0 Å². The normalized spacial score (nSPS) is 45.0. The highest BCUT2D eigenvalue weighted by molar-refractivity contribution is 5.38. The van der Waals surface area contributed by atoms with E-state index in [9.17, 15) is 10.2 Å². The van der Waals surface area contributed by atoms with Gasteiger partial charge in [0.05, 0.1) is 12.2 Å². The predicted octanol–water partition coefficient (Wildman–Crippen LogP) is 7.45. The Morgan fingerprint density at radius 3 is 2.31 bits per heavy atom. The van der Waals surface area contributed by atoms with Gasteiger partial charge in [-0.15, -0.1) is 0 Å². The van der Waals surface area contributed by atoms with Crippen molar-refractivity contribution in [1.29, 1.82) is 0 Å². The zero-order valence-electron chi connectivity index (χ0n) is 22.1. The first-order valence-electron chi connectivity index (χ1n) is 13.5. The molecule has 4 aliphatic carbocycles. The number of aliphatic hydroxyl groups excluding tert-OH is 2. The number of hydrogen-bond acceptors (Lipinski definition) is 2. The molecule has 0 heterocycles. The molecule has 2 saturated carbocycles. The topological polar surface area (TPSA) is 40.5 Å². The van der Waals surface area contributed by atoms with Crippen molar-refractivity contribution in [2.75, 3.05) is 0 Å². The lowest BCUT2D eigenvalue weighted by atomic mass is 9.43. The van der Waals surface area contributed by atoms with Crippen LogP contribution in [0.5, 0.6) is 0 Å². The van der Waals surface area contributed by atoms with E-state index in [4.69, 9.17) is 0 Å². The molecule has 2 nitrogen and oxygen atoms in total. The Morgan fingerprint density at radius 1 is 0.969 bits per heavy atom. The summed E-state index contributed by atoms with van der Waals surface area (Å²) >= 11 is 0. The Morgan fingerprint density at radius 2 is 1.66 bits per heavy atom. The molecule has 8 atom stereocenters. The summed E-state index contributed by atoms with van der Waals surface area (Å²) in [6.07, 6.45) is 11.3. The van der Waals surface area contributed by atoms with Gasteiger partial charge in [0.25, 0.3) is 0 Å². The highest BCUT2D eigenvalue weighted by atomic mass is 16.3. The van der Waals surface area contributed by atoms with Gasteiger partial charge in [0.15, 0.2) is 0 Å². The molecular formula is C30H50O2. The molecule has 0 spiro atoms. The van der Waals surface area contributed by atoms with Gasteiger partial charge in [0.1, 0.15) is 0 Å². The van der Waals surface area contributed by atoms with Gasteiger partial charge in [-0.25, -0.2) is 0 Å². The summed E-state index contributed by atoms with van der Waals surface area (Å²) in [5, 5.41) is 21.1. The molecule has 2 N–H and O–H groups in total. The molecule has 0 radical (unpaired) electrons. The molecule has 0 aromatic rings. The zero-order valence-corrected chi connectivity index (χ0v) is 22.1. The van der Waals surface area contributed by atoms with E-state index in [2.05, 4.69) is 48.1 Å². The van der Waals surface area contributed by atoms with Crippen LogP contribution in [0.3, 0.4) is 0 Å². The second-order valence-electron chi connectivity index (χ2n) is 13.7. The van der Waals surface area contributed by atoms with Crippen LogP contribution in [-0.4, -0.2) is 22.4 Å². The first-order valence-corrected chi connectivity index (χ1v) is 13.5. The first-order chi connectivity index (χ1) is 14.8. The van der Waals surface area contributed by atoms with Crippen molar-refractivity contribution >= 4 is 0 Å². The van der Waals surface area contributed by atoms with Crippen LogP contribution in [0, 0.1) is 39.4 Å². The van der Waals surface area contributed by atoms with Crippen LogP contribution in [0.4, 0.5) is 0 Å². The van der Waals surface area contributed by atoms with E-state index < -0.39 is 0 Å². The minimum Gasteiger partial charge on any atom is -0.393 e. The SMILES string of the molecule is C=C(C)[C@H](O)CC[C@H](C)[C@@H]1CC[C@]2(C)C3=C(CC[C@@]12C)[C@@]1(C)CC[C@H](O)C(C)(C)[C@@H]1CC3. The van der Waals surface area contributed by atoms with Crippen molar-refractivity contribution in [3.8, 4) is 0 Å². The second-order valence-corrected chi connectivity index (χ2v) is 13.7. The molecule has 4 aliphatic rings.